The molecule has 4 heterocycles. The number of aromatic nitrogens is 5. The second kappa shape index (κ2) is 8.93. The summed E-state index contributed by atoms with van der Waals surface area (Å²) >= 11 is 0. The molecule has 1 atom stereocenters. The van der Waals surface area contributed by atoms with Crippen LogP contribution in [0.3, 0.4) is 0 Å². The number of hydrogen-bond donors (Lipinski definition) is 1. The summed E-state index contributed by atoms with van der Waals surface area (Å²) in [5.41, 5.74) is 2.22. The number of carbonyl (C=O) groups is 1. The fourth-order valence-electron chi connectivity index (χ4n) is 4.37. The molecule has 0 unspecified atom stereocenters. The highest BCUT2D eigenvalue weighted by molar-refractivity contribution is 7.90. The smallest absolute Gasteiger partial charge is 0.273 e. The molecule has 3 aromatic rings. The van der Waals surface area contributed by atoms with Gasteiger partial charge in [-0.2, -0.15) is 0 Å². The molecule has 5 rings (SSSR count). The minimum atomic E-state index is -3.82. The maximum absolute atomic E-state index is 13.3. The summed E-state index contributed by atoms with van der Waals surface area (Å²) in [6.45, 7) is 2.90. The highest BCUT2D eigenvalue weighted by atomic mass is 32.2. The molecular formula is C23H25N7O4S. The van der Waals surface area contributed by atoms with Crippen molar-refractivity contribution in [2.75, 3.05) is 13.2 Å². The van der Waals surface area contributed by atoms with Gasteiger partial charge in [-0.1, -0.05) is 0 Å². The van der Waals surface area contributed by atoms with Gasteiger partial charge in [0.2, 0.25) is 15.9 Å². The second-order valence-electron chi connectivity index (χ2n) is 8.61. The second-order valence-corrected chi connectivity index (χ2v) is 10.5. The SMILES string of the molecule is CCOc1cncc(-c2ccc(C(=O)N3CCC[C@@H]3c3ccnc(C4(S(N)(=O)=O)CC4)n3)nc2)n1. The molecule has 2 aliphatic rings. The Bertz CT molecular complexity index is 1360. The standard InChI is InChI=1S/C23H25N7O4S/c1-2-34-20-14-25-13-18(28-20)15-5-6-17(27-12-15)21(31)30-11-3-4-19(30)16-7-10-26-22(29-16)23(8-9-23)35(24,32)33/h5-7,10,12-14,19H,2-4,8-9,11H2,1H3,(H2,24,32,33)/t19-/m1/s1. The fraction of sp³-hybridized carbons (Fsp3) is 0.391. The lowest BCUT2D eigenvalue weighted by atomic mass is 10.1. The van der Waals surface area contributed by atoms with E-state index in [1.165, 1.54) is 6.20 Å². The predicted molar refractivity (Wildman–Crippen MR) is 125 cm³/mol. The molecule has 0 bridgehead atoms. The number of nitrogens with two attached hydrogens (primary N) is 1. The van der Waals surface area contributed by atoms with Crippen LogP contribution in [0.2, 0.25) is 0 Å². The molecule has 1 aliphatic heterocycles. The Labute approximate surface area is 202 Å². The lowest BCUT2D eigenvalue weighted by molar-refractivity contribution is 0.0726. The number of likely N-dealkylation sites (tertiary alicyclic amines) is 1. The van der Waals surface area contributed by atoms with Crippen LogP contribution in [0.15, 0.2) is 43.0 Å². The van der Waals surface area contributed by atoms with E-state index >= 15 is 0 Å². The maximum atomic E-state index is 13.3. The van der Waals surface area contributed by atoms with Gasteiger partial charge in [-0.15, -0.1) is 0 Å². The van der Waals surface area contributed by atoms with Gasteiger partial charge in [-0.05, 0) is 50.8 Å². The van der Waals surface area contributed by atoms with E-state index in [0.717, 1.165) is 6.42 Å². The van der Waals surface area contributed by atoms with Crippen molar-refractivity contribution in [1.82, 2.24) is 29.8 Å². The Morgan fingerprint density at radius 2 is 2.00 bits per heavy atom. The molecule has 2 N–H and O–H groups in total. The van der Waals surface area contributed by atoms with Crippen LogP contribution in [-0.2, 0) is 14.8 Å². The minimum Gasteiger partial charge on any atom is -0.477 e. The van der Waals surface area contributed by atoms with Gasteiger partial charge in [0, 0.05) is 24.5 Å². The molecule has 1 amide bonds. The first-order valence-corrected chi connectivity index (χ1v) is 12.9. The van der Waals surface area contributed by atoms with Crippen molar-refractivity contribution in [2.24, 2.45) is 5.14 Å². The molecule has 182 valence electrons. The number of amides is 1. The van der Waals surface area contributed by atoms with Crippen molar-refractivity contribution in [3.8, 4) is 17.1 Å². The summed E-state index contributed by atoms with van der Waals surface area (Å²) < 4.78 is 28.4. The summed E-state index contributed by atoms with van der Waals surface area (Å²) in [5.74, 6) is 0.403. The number of hydrogen-bond acceptors (Lipinski definition) is 9. The van der Waals surface area contributed by atoms with Crippen LogP contribution in [0.1, 0.15) is 60.7 Å². The average Bonchev–Trinajstić information content (AvgIpc) is 3.55. The Kier molecular flexibility index (Phi) is 5.93. The van der Waals surface area contributed by atoms with Crippen LogP contribution in [0.5, 0.6) is 5.88 Å². The molecule has 35 heavy (non-hydrogen) atoms. The van der Waals surface area contributed by atoms with Gasteiger partial charge >= 0.3 is 0 Å². The van der Waals surface area contributed by atoms with Crippen LogP contribution in [0.25, 0.3) is 11.3 Å². The van der Waals surface area contributed by atoms with Crippen molar-refractivity contribution >= 4 is 15.9 Å². The minimum absolute atomic E-state index is 0.203. The van der Waals surface area contributed by atoms with Crippen LogP contribution < -0.4 is 9.88 Å². The van der Waals surface area contributed by atoms with E-state index in [4.69, 9.17) is 9.88 Å². The Morgan fingerprint density at radius 3 is 2.69 bits per heavy atom. The Balaban J connectivity index is 1.37. The molecule has 0 radical (unpaired) electrons. The topological polar surface area (TPSA) is 154 Å². The zero-order chi connectivity index (χ0) is 24.6. The first kappa shape index (κ1) is 23.2. The third-order valence-electron chi connectivity index (χ3n) is 6.37. The van der Waals surface area contributed by atoms with Crippen LogP contribution in [-0.4, -0.2) is 57.3 Å². The van der Waals surface area contributed by atoms with Gasteiger partial charge in [0.15, 0.2) is 5.82 Å². The molecular weight excluding hydrogens is 470 g/mol. The first-order chi connectivity index (χ1) is 16.8. The van der Waals surface area contributed by atoms with E-state index in [2.05, 4.69) is 24.9 Å². The molecule has 1 aliphatic carbocycles. The van der Waals surface area contributed by atoms with Crippen molar-refractivity contribution in [3.05, 3.63) is 60.2 Å². The number of carbonyl (C=O) groups excluding carboxylic acids is 1. The third kappa shape index (κ3) is 4.34. The zero-order valence-electron chi connectivity index (χ0n) is 19.2. The van der Waals surface area contributed by atoms with Crippen LogP contribution in [0, 0.1) is 0 Å². The largest absolute Gasteiger partial charge is 0.477 e. The van der Waals surface area contributed by atoms with E-state index in [-0.39, 0.29) is 17.8 Å². The van der Waals surface area contributed by atoms with Crippen molar-refractivity contribution in [3.63, 3.8) is 0 Å². The highest BCUT2D eigenvalue weighted by Gasteiger charge is 2.57. The highest BCUT2D eigenvalue weighted by Crippen LogP contribution is 2.50. The Morgan fingerprint density at radius 1 is 1.17 bits per heavy atom. The van der Waals surface area contributed by atoms with Gasteiger partial charge in [0.25, 0.3) is 5.91 Å². The normalized spacial score (nSPS) is 18.9. The van der Waals surface area contributed by atoms with Gasteiger partial charge < -0.3 is 9.64 Å². The first-order valence-electron chi connectivity index (χ1n) is 11.4. The third-order valence-corrected chi connectivity index (χ3v) is 8.05. The molecule has 12 heteroatoms. The van der Waals surface area contributed by atoms with Gasteiger partial charge in [0.1, 0.15) is 10.4 Å². The van der Waals surface area contributed by atoms with Crippen molar-refractivity contribution in [1.29, 1.82) is 0 Å². The monoisotopic (exact) mass is 495 g/mol. The number of rotatable bonds is 7. The number of ether oxygens (including phenoxy) is 1. The zero-order valence-corrected chi connectivity index (χ0v) is 20.0. The van der Waals surface area contributed by atoms with Gasteiger partial charge in [-0.3, -0.25) is 14.8 Å². The summed E-state index contributed by atoms with van der Waals surface area (Å²) in [4.78, 5) is 36.7. The van der Waals surface area contributed by atoms with Crippen LogP contribution >= 0.6 is 0 Å². The van der Waals surface area contributed by atoms with E-state index < -0.39 is 14.8 Å². The molecule has 0 spiro atoms. The average molecular weight is 496 g/mol. The van der Waals surface area contributed by atoms with Gasteiger partial charge in [-0.25, -0.2) is 28.5 Å². The van der Waals surface area contributed by atoms with E-state index in [0.29, 0.717) is 60.9 Å². The molecule has 11 nitrogen and oxygen atoms in total. The molecule has 3 aromatic heterocycles. The predicted octanol–water partition coefficient (Wildman–Crippen LogP) is 1.98. The number of primary sulfonamides is 1. The van der Waals surface area contributed by atoms with Crippen LogP contribution in [0.4, 0.5) is 0 Å². The quantitative estimate of drug-likeness (QED) is 0.518. The van der Waals surface area contributed by atoms with Crippen molar-refractivity contribution in [2.45, 2.75) is 43.4 Å². The number of pyridine rings is 1. The Hall–Kier alpha value is -3.51. The van der Waals surface area contributed by atoms with E-state index in [9.17, 15) is 13.2 Å². The molecule has 0 aromatic carbocycles. The molecule has 1 saturated heterocycles. The van der Waals surface area contributed by atoms with Gasteiger partial charge in [0.05, 0.1) is 36.4 Å². The molecule has 1 saturated carbocycles. The molecule has 2 fully saturated rings. The van der Waals surface area contributed by atoms with Crippen molar-refractivity contribution < 1.29 is 17.9 Å². The fourth-order valence-corrected chi connectivity index (χ4v) is 5.39. The summed E-state index contributed by atoms with van der Waals surface area (Å²) in [6, 6.07) is 4.86. The number of sulfonamides is 1. The summed E-state index contributed by atoms with van der Waals surface area (Å²) in [5, 5.41) is 5.44. The summed E-state index contributed by atoms with van der Waals surface area (Å²) in [6.07, 6.45) is 8.58. The van der Waals surface area contributed by atoms with E-state index in [1.807, 2.05) is 6.92 Å². The maximum Gasteiger partial charge on any atom is 0.273 e. The lowest BCUT2D eigenvalue weighted by Crippen LogP contribution is -2.33. The lowest BCUT2D eigenvalue weighted by Gasteiger charge is -2.24. The number of nitrogens with zero attached hydrogens (tertiary/aromatic N) is 6. The van der Waals surface area contributed by atoms with E-state index in [1.54, 1.807) is 41.7 Å². The summed E-state index contributed by atoms with van der Waals surface area (Å²) in [7, 11) is -3.82.